The van der Waals surface area contributed by atoms with Gasteiger partial charge in [0.1, 0.15) is 10.8 Å². The molecule has 92 valence electrons. The second-order valence-electron chi connectivity index (χ2n) is 4.25. The van der Waals surface area contributed by atoms with Crippen LogP contribution in [0.1, 0.15) is 29.9 Å². The van der Waals surface area contributed by atoms with E-state index in [4.69, 9.17) is 17.3 Å². The Morgan fingerprint density at radius 3 is 2.35 bits per heavy atom. The van der Waals surface area contributed by atoms with Crippen LogP contribution in [-0.4, -0.2) is 19.6 Å². The Labute approximate surface area is 105 Å². The third kappa shape index (κ3) is 1.91. The number of hydrogen-bond acceptors (Lipinski definition) is 3. The first-order chi connectivity index (χ1) is 7.91. The van der Waals surface area contributed by atoms with E-state index in [1.807, 2.05) is 34.0 Å². The molecule has 0 radical (unpaired) electrons. The van der Waals surface area contributed by atoms with E-state index in [2.05, 4.69) is 10.2 Å². The fourth-order valence-corrected chi connectivity index (χ4v) is 2.12. The van der Waals surface area contributed by atoms with Gasteiger partial charge in [0, 0.05) is 18.8 Å². The molecule has 2 aromatic heterocycles. The van der Waals surface area contributed by atoms with Gasteiger partial charge >= 0.3 is 0 Å². The standard InChI is InChI=1S/C11H16ClN5/c1-6-9(5-16(4)14-6)8(3)17-11(13)10(12)7(2)15-17/h5,8H,13H2,1-4H3. The van der Waals surface area contributed by atoms with Gasteiger partial charge in [0.15, 0.2) is 0 Å². The monoisotopic (exact) mass is 253 g/mol. The quantitative estimate of drug-likeness (QED) is 0.891. The van der Waals surface area contributed by atoms with Gasteiger partial charge in [0.2, 0.25) is 0 Å². The molecule has 2 heterocycles. The summed E-state index contributed by atoms with van der Waals surface area (Å²) in [4.78, 5) is 0. The molecule has 2 aromatic rings. The molecule has 2 rings (SSSR count). The molecule has 0 aliphatic rings. The number of rotatable bonds is 2. The molecule has 0 spiro atoms. The smallest absolute Gasteiger partial charge is 0.141 e. The van der Waals surface area contributed by atoms with Crippen LogP contribution in [0.2, 0.25) is 5.02 Å². The minimum Gasteiger partial charge on any atom is -0.383 e. The minimum absolute atomic E-state index is 0.0231. The molecule has 17 heavy (non-hydrogen) atoms. The van der Waals surface area contributed by atoms with Crippen LogP contribution in [0, 0.1) is 13.8 Å². The highest BCUT2D eigenvalue weighted by atomic mass is 35.5. The van der Waals surface area contributed by atoms with E-state index in [9.17, 15) is 0 Å². The first-order valence-corrected chi connectivity index (χ1v) is 5.79. The zero-order chi connectivity index (χ0) is 12.7. The fraction of sp³-hybridized carbons (Fsp3) is 0.455. The zero-order valence-corrected chi connectivity index (χ0v) is 11.2. The number of nitrogens with two attached hydrogens (primary N) is 1. The van der Waals surface area contributed by atoms with Gasteiger partial charge in [-0.15, -0.1) is 0 Å². The largest absolute Gasteiger partial charge is 0.383 e. The molecule has 6 heteroatoms. The molecule has 0 saturated heterocycles. The Morgan fingerprint density at radius 1 is 1.29 bits per heavy atom. The summed E-state index contributed by atoms with van der Waals surface area (Å²) in [6.45, 7) is 5.85. The van der Waals surface area contributed by atoms with Gasteiger partial charge in [0.05, 0.1) is 17.4 Å². The van der Waals surface area contributed by atoms with Crippen molar-refractivity contribution < 1.29 is 0 Å². The molecule has 0 bridgehead atoms. The number of anilines is 1. The van der Waals surface area contributed by atoms with E-state index in [0.29, 0.717) is 10.8 Å². The minimum atomic E-state index is 0.0231. The molecular weight excluding hydrogens is 238 g/mol. The highest BCUT2D eigenvalue weighted by Gasteiger charge is 2.19. The first kappa shape index (κ1) is 12.0. The van der Waals surface area contributed by atoms with Gasteiger partial charge in [-0.2, -0.15) is 10.2 Å². The van der Waals surface area contributed by atoms with Gasteiger partial charge in [-0.1, -0.05) is 11.6 Å². The average molecular weight is 254 g/mol. The Hall–Kier alpha value is -1.49. The summed E-state index contributed by atoms with van der Waals surface area (Å²) in [5.74, 6) is 0.500. The van der Waals surface area contributed by atoms with E-state index in [-0.39, 0.29) is 6.04 Å². The molecule has 0 saturated carbocycles. The predicted molar refractivity (Wildman–Crippen MR) is 68.1 cm³/mol. The second kappa shape index (κ2) is 4.07. The SMILES string of the molecule is Cc1nn(C)cc1C(C)n1nc(C)c(Cl)c1N. The Balaban J connectivity index is 2.47. The number of nitrogen functional groups attached to an aromatic ring is 1. The molecule has 0 aliphatic carbocycles. The third-order valence-corrected chi connectivity index (χ3v) is 3.38. The summed E-state index contributed by atoms with van der Waals surface area (Å²) in [5.41, 5.74) is 8.76. The number of aryl methyl sites for hydroxylation is 3. The van der Waals surface area contributed by atoms with Crippen LogP contribution < -0.4 is 5.73 Å². The molecule has 2 N–H and O–H groups in total. The number of aromatic nitrogens is 4. The van der Waals surface area contributed by atoms with E-state index >= 15 is 0 Å². The van der Waals surface area contributed by atoms with Crippen molar-refractivity contribution in [3.8, 4) is 0 Å². The second-order valence-corrected chi connectivity index (χ2v) is 4.63. The molecule has 0 aliphatic heterocycles. The maximum Gasteiger partial charge on any atom is 0.141 e. The normalized spacial score (nSPS) is 13.0. The van der Waals surface area contributed by atoms with E-state index < -0.39 is 0 Å². The van der Waals surface area contributed by atoms with Gasteiger partial charge < -0.3 is 5.73 Å². The highest BCUT2D eigenvalue weighted by molar-refractivity contribution is 6.33. The maximum atomic E-state index is 6.05. The van der Waals surface area contributed by atoms with Gasteiger partial charge in [-0.05, 0) is 20.8 Å². The Morgan fingerprint density at radius 2 is 1.94 bits per heavy atom. The van der Waals surface area contributed by atoms with Gasteiger partial charge in [-0.3, -0.25) is 4.68 Å². The number of halogens is 1. The maximum absolute atomic E-state index is 6.05. The number of hydrogen-bond donors (Lipinski definition) is 1. The summed E-state index contributed by atoms with van der Waals surface area (Å²) in [7, 11) is 1.90. The van der Waals surface area contributed by atoms with Crippen molar-refractivity contribution in [2.24, 2.45) is 7.05 Å². The number of nitrogens with zero attached hydrogens (tertiary/aromatic N) is 4. The highest BCUT2D eigenvalue weighted by Crippen LogP contribution is 2.29. The van der Waals surface area contributed by atoms with Crippen molar-refractivity contribution in [3.05, 3.63) is 28.2 Å². The lowest BCUT2D eigenvalue weighted by molar-refractivity contribution is 0.566. The lowest BCUT2D eigenvalue weighted by atomic mass is 10.1. The summed E-state index contributed by atoms with van der Waals surface area (Å²) in [6.07, 6.45) is 1.98. The molecule has 1 atom stereocenters. The molecule has 5 nitrogen and oxygen atoms in total. The van der Waals surface area contributed by atoms with Crippen LogP contribution in [0.4, 0.5) is 5.82 Å². The molecule has 1 unspecified atom stereocenters. The molecular formula is C11H16ClN5. The van der Waals surface area contributed by atoms with Crippen molar-refractivity contribution in [1.82, 2.24) is 19.6 Å². The fourth-order valence-electron chi connectivity index (χ4n) is 2.00. The summed E-state index contributed by atoms with van der Waals surface area (Å²) in [6, 6.07) is 0.0231. The van der Waals surface area contributed by atoms with Crippen LogP contribution in [0.25, 0.3) is 0 Å². The lowest BCUT2D eigenvalue weighted by Gasteiger charge is -2.13. The van der Waals surface area contributed by atoms with Gasteiger partial charge in [0.25, 0.3) is 0 Å². The zero-order valence-electron chi connectivity index (χ0n) is 10.4. The van der Waals surface area contributed by atoms with Crippen LogP contribution in [0.5, 0.6) is 0 Å². The topological polar surface area (TPSA) is 61.7 Å². The molecule has 0 aromatic carbocycles. The van der Waals surface area contributed by atoms with Crippen LogP contribution in [0.15, 0.2) is 6.20 Å². The van der Waals surface area contributed by atoms with E-state index in [0.717, 1.165) is 17.0 Å². The average Bonchev–Trinajstić information content (AvgIpc) is 2.72. The van der Waals surface area contributed by atoms with Gasteiger partial charge in [-0.25, -0.2) is 4.68 Å². The predicted octanol–water partition coefficient (Wildman–Crippen LogP) is 2.08. The van der Waals surface area contributed by atoms with Crippen LogP contribution in [-0.2, 0) is 7.05 Å². The van der Waals surface area contributed by atoms with E-state index in [1.54, 1.807) is 9.36 Å². The van der Waals surface area contributed by atoms with Crippen molar-refractivity contribution in [2.45, 2.75) is 26.8 Å². The third-order valence-electron chi connectivity index (χ3n) is 2.92. The van der Waals surface area contributed by atoms with Crippen molar-refractivity contribution in [1.29, 1.82) is 0 Å². The lowest BCUT2D eigenvalue weighted by Crippen LogP contribution is -2.12. The first-order valence-electron chi connectivity index (χ1n) is 5.42. The van der Waals surface area contributed by atoms with Crippen molar-refractivity contribution in [2.75, 3.05) is 5.73 Å². The summed E-state index contributed by atoms with van der Waals surface area (Å²) in [5, 5.41) is 9.20. The van der Waals surface area contributed by atoms with Crippen molar-refractivity contribution in [3.63, 3.8) is 0 Å². The van der Waals surface area contributed by atoms with Crippen molar-refractivity contribution >= 4 is 17.4 Å². The van der Waals surface area contributed by atoms with Crippen LogP contribution in [0.3, 0.4) is 0 Å². The Bertz CT molecular complexity index is 554. The van der Waals surface area contributed by atoms with E-state index in [1.165, 1.54) is 0 Å². The van der Waals surface area contributed by atoms with Crippen LogP contribution >= 0.6 is 11.6 Å². The Kier molecular flexibility index (Phi) is 2.87. The summed E-state index contributed by atoms with van der Waals surface area (Å²) < 4.78 is 3.52. The summed E-state index contributed by atoms with van der Waals surface area (Å²) >= 11 is 6.05. The molecule has 0 fully saturated rings. The molecule has 0 amide bonds.